The van der Waals surface area contributed by atoms with Gasteiger partial charge in [-0.3, -0.25) is 4.98 Å². The molecule has 1 aromatic carbocycles. The van der Waals surface area contributed by atoms with Gasteiger partial charge in [-0.2, -0.15) is 0 Å². The summed E-state index contributed by atoms with van der Waals surface area (Å²) in [5.74, 6) is -0.639. The van der Waals surface area contributed by atoms with Crippen molar-refractivity contribution >= 4 is 27.6 Å². The lowest BCUT2D eigenvalue weighted by molar-refractivity contribution is 0.0600. The summed E-state index contributed by atoms with van der Waals surface area (Å²) in [5.41, 5.74) is 0.859. The first-order chi connectivity index (χ1) is 10.8. The number of rotatable bonds is 5. The number of aromatic nitrogens is 1. The molecule has 0 fully saturated rings. The number of esters is 1. The van der Waals surface area contributed by atoms with Crippen LogP contribution in [-0.2, 0) is 14.8 Å². The molecular weight excluding hydrogens is 340 g/mol. The average molecular weight is 355 g/mol. The quantitative estimate of drug-likeness (QED) is 0.834. The summed E-state index contributed by atoms with van der Waals surface area (Å²) >= 11 is 5.98. The third-order valence-electron chi connectivity index (χ3n) is 3.18. The second-order valence-corrected chi connectivity index (χ2v) is 6.85. The second-order valence-electron chi connectivity index (χ2n) is 4.76. The van der Waals surface area contributed by atoms with Gasteiger partial charge in [-0.25, -0.2) is 17.9 Å². The third kappa shape index (κ3) is 4.07. The van der Waals surface area contributed by atoms with Crippen molar-refractivity contribution < 1.29 is 17.9 Å². The Bertz CT molecular complexity index is 809. The Hall–Kier alpha value is -1.96. The molecular formula is C15H15ClN2O4S. The topological polar surface area (TPSA) is 85.4 Å². The minimum absolute atomic E-state index is 0.0204. The number of nitrogens with one attached hydrogen (secondary N) is 1. The van der Waals surface area contributed by atoms with Crippen molar-refractivity contribution in [3.05, 3.63) is 58.9 Å². The highest BCUT2D eigenvalue weighted by Gasteiger charge is 2.23. The smallest absolute Gasteiger partial charge is 0.337 e. The molecule has 0 bridgehead atoms. The van der Waals surface area contributed by atoms with E-state index in [0.717, 1.165) is 5.56 Å². The Morgan fingerprint density at radius 3 is 2.52 bits per heavy atom. The molecule has 8 heteroatoms. The Kier molecular flexibility index (Phi) is 5.35. The number of methoxy groups -OCH3 is 1. The first-order valence-electron chi connectivity index (χ1n) is 6.65. The van der Waals surface area contributed by atoms with Crippen LogP contribution in [0.1, 0.15) is 28.9 Å². The van der Waals surface area contributed by atoms with Gasteiger partial charge in [0.25, 0.3) is 0 Å². The van der Waals surface area contributed by atoms with Crippen molar-refractivity contribution in [3.8, 4) is 0 Å². The summed E-state index contributed by atoms with van der Waals surface area (Å²) < 4.78 is 32.2. The highest BCUT2D eigenvalue weighted by Crippen LogP contribution is 2.25. The number of hydrogen-bond donors (Lipinski definition) is 1. The van der Waals surface area contributed by atoms with Crippen LogP contribution < -0.4 is 4.72 Å². The van der Waals surface area contributed by atoms with E-state index in [1.165, 1.54) is 25.3 Å². The first kappa shape index (κ1) is 17.4. The lowest BCUT2D eigenvalue weighted by Crippen LogP contribution is -2.27. The monoisotopic (exact) mass is 354 g/mol. The maximum absolute atomic E-state index is 12.5. The molecule has 1 aromatic heterocycles. The number of ether oxygens (including phenoxy) is 1. The van der Waals surface area contributed by atoms with Crippen LogP contribution in [0.15, 0.2) is 47.6 Å². The number of carbonyl (C=O) groups is 1. The van der Waals surface area contributed by atoms with Crippen LogP contribution in [-0.4, -0.2) is 26.5 Å². The zero-order valence-corrected chi connectivity index (χ0v) is 14.1. The van der Waals surface area contributed by atoms with Crippen molar-refractivity contribution in [3.63, 3.8) is 0 Å². The summed E-state index contributed by atoms with van der Waals surface area (Å²) in [6.45, 7) is 1.70. The number of pyridine rings is 1. The van der Waals surface area contributed by atoms with E-state index in [0.29, 0.717) is 0 Å². The molecule has 0 saturated heterocycles. The molecule has 6 nitrogen and oxygen atoms in total. The van der Waals surface area contributed by atoms with Crippen molar-refractivity contribution in [1.29, 1.82) is 0 Å². The molecule has 0 aliphatic carbocycles. The fourth-order valence-electron chi connectivity index (χ4n) is 1.97. The molecule has 1 atom stereocenters. The van der Waals surface area contributed by atoms with Gasteiger partial charge in [-0.1, -0.05) is 11.6 Å². The van der Waals surface area contributed by atoms with Crippen LogP contribution >= 0.6 is 11.6 Å². The number of halogens is 1. The minimum atomic E-state index is -3.91. The number of hydrogen-bond acceptors (Lipinski definition) is 5. The maximum atomic E-state index is 12.5. The Morgan fingerprint density at radius 1 is 1.26 bits per heavy atom. The van der Waals surface area contributed by atoms with Gasteiger partial charge in [0, 0.05) is 18.4 Å². The molecule has 0 amide bonds. The van der Waals surface area contributed by atoms with Gasteiger partial charge in [-0.05, 0) is 42.8 Å². The fourth-order valence-corrected chi connectivity index (χ4v) is 3.73. The standard InChI is InChI=1S/C15H15ClN2O4S/c1-10(11-5-7-17-8-6-11)18-23(20,21)14-9-12(15(19)22-2)3-4-13(14)16/h3-10,18H,1-2H3/t10-/m1/s1. The molecule has 0 spiro atoms. The van der Waals surface area contributed by atoms with Crippen LogP contribution in [0, 0.1) is 0 Å². The van der Waals surface area contributed by atoms with Gasteiger partial charge in [0.2, 0.25) is 10.0 Å². The van der Waals surface area contributed by atoms with Crippen LogP contribution in [0.4, 0.5) is 0 Å². The van der Waals surface area contributed by atoms with E-state index in [1.54, 1.807) is 31.5 Å². The SMILES string of the molecule is COC(=O)c1ccc(Cl)c(S(=O)(=O)N[C@H](C)c2ccncc2)c1. The fraction of sp³-hybridized carbons (Fsp3) is 0.200. The minimum Gasteiger partial charge on any atom is -0.465 e. The summed E-state index contributed by atoms with van der Waals surface area (Å²) in [6, 6.07) is 6.87. The van der Waals surface area contributed by atoms with E-state index < -0.39 is 22.0 Å². The number of sulfonamides is 1. The Balaban J connectivity index is 2.34. The summed E-state index contributed by atoms with van der Waals surface area (Å²) in [4.78, 5) is 15.3. The van der Waals surface area contributed by atoms with Gasteiger partial charge in [-0.15, -0.1) is 0 Å². The second kappa shape index (κ2) is 7.08. The van der Waals surface area contributed by atoms with Crippen LogP contribution in [0.2, 0.25) is 5.02 Å². The predicted octanol–water partition coefficient (Wildman–Crippen LogP) is 2.56. The molecule has 0 radical (unpaired) electrons. The van der Waals surface area contributed by atoms with E-state index in [4.69, 9.17) is 11.6 Å². The van der Waals surface area contributed by atoms with Crippen LogP contribution in [0.5, 0.6) is 0 Å². The molecule has 1 heterocycles. The normalized spacial score (nSPS) is 12.7. The summed E-state index contributed by atoms with van der Waals surface area (Å²) in [6.07, 6.45) is 3.15. The van der Waals surface area contributed by atoms with Gasteiger partial charge in [0.15, 0.2) is 0 Å². The Morgan fingerprint density at radius 2 is 1.91 bits per heavy atom. The van der Waals surface area contributed by atoms with E-state index in [2.05, 4.69) is 14.4 Å². The van der Waals surface area contributed by atoms with Crippen LogP contribution in [0.3, 0.4) is 0 Å². The van der Waals surface area contributed by atoms with Gasteiger partial charge >= 0.3 is 5.97 Å². The third-order valence-corrected chi connectivity index (χ3v) is 5.20. The highest BCUT2D eigenvalue weighted by molar-refractivity contribution is 7.89. The van der Waals surface area contributed by atoms with Gasteiger partial charge < -0.3 is 4.74 Å². The average Bonchev–Trinajstić information content (AvgIpc) is 2.54. The molecule has 2 aromatic rings. The van der Waals surface area contributed by atoms with Gasteiger partial charge in [0.05, 0.1) is 17.7 Å². The summed E-state index contributed by atoms with van der Waals surface area (Å²) in [5, 5.41) is 0.0204. The maximum Gasteiger partial charge on any atom is 0.337 e. The zero-order valence-electron chi connectivity index (χ0n) is 12.5. The number of carbonyl (C=O) groups excluding carboxylic acids is 1. The molecule has 1 N–H and O–H groups in total. The Labute approximate surface area is 139 Å². The lowest BCUT2D eigenvalue weighted by Gasteiger charge is -2.15. The van der Waals surface area contributed by atoms with E-state index in [1.807, 2.05) is 0 Å². The molecule has 2 rings (SSSR count). The van der Waals surface area contributed by atoms with Crippen molar-refractivity contribution in [1.82, 2.24) is 9.71 Å². The van der Waals surface area contributed by atoms with Crippen molar-refractivity contribution in [2.75, 3.05) is 7.11 Å². The molecule has 0 unspecified atom stereocenters. The lowest BCUT2D eigenvalue weighted by atomic mass is 10.1. The number of nitrogens with zero attached hydrogens (tertiary/aromatic N) is 1. The molecule has 0 saturated carbocycles. The van der Waals surface area contributed by atoms with E-state index in [9.17, 15) is 13.2 Å². The van der Waals surface area contributed by atoms with Crippen molar-refractivity contribution in [2.45, 2.75) is 17.9 Å². The van der Waals surface area contributed by atoms with E-state index >= 15 is 0 Å². The zero-order chi connectivity index (χ0) is 17.0. The molecule has 0 aliphatic heterocycles. The highest BCUT2D eigenvalue weighted by atomic mass is 35.5. The molecule has 122 valence electrons. The molecule has 0 aliphatic rings. The summed E-state index contributed by atoms with van der Waals surface area (Å²) in [7, 11) is -2.70. The largest absolute Gasteiger partial charge is 0.465 e. The molecule has 23 heavy (non-hydrogen) atoms. The van der Waals surface area contributed by atoms with Gasteiger partial charge in [0.1, 0.15) is 4.90 Å². The van der Waals surface area contributed by atoms with E-state index in [-0.39, 0.29) is 15.5 Å². The first-order valence-corrected chi connectivity index (χ1v) is 8.51. The predicted molar refractivity (Wildman–Crippen MR) is 85.8 cm³/mol. The number of benzene rings is 1. The van der Waals surface area contributed by atoms with Crippen molar-refractivity contribution in [2.24, 2.45) is 0 Å². The van der Waals surface area contributed by atoms with Crippen LogP contribution in [0.25, 0.3) is 0 Å².